The Morgan fingerprint density at radius 2 is 2.07 bits per heavy atom. The first-order valence-electron chi connectivity index (χ1n) is 9.62. The van der Waals surface area contributed by atoms with E-state index in [9.17, 15) is 9.59 Å². The third kappa shape index (κ3) is 4.01. The van der Waals surface area contributed by atoms with Gasteiger partial charge in [0.25, 0.3) is 5.91 Å². The summed E-state index contributed by atoms with van der Waals surface area (Å²) in [6.45, 7) is 4.71. The summed E-state index contributed by atoms with van der Waals surface area (Å²) in [7, 11) is 0. The van der Waals surface area contributed by atoms with E-state index in [1.54, 1.807) is 34.1 Å². The lowest BCUT2D eigenvalue weighted by atomic mass is 10.1. The molecule has 1 aliphatic heterocycles. The van der Waals surface area contributed by atoms with Gasteiger partial charge >= 0.3 is 0 Å². The van der Waals surface area contributed by atoms with Crippen molar-refractivity contribution in [2.24, 2.45) is 0 Å². The van der Waals surface area contributed by atoms with Crippen LogP contribution in [0.1, 0.15) is 23.2 Å². The van der Waals surface area contributed by atoms with Crippen LogP contribution in [0.4, 0.5) is 10.8 Å². The molecule has 1 fully saturated rings. The SMILES string of the molecule is C=CCN(C(=O)c1ccc(Cl)c(N2CCCC2=O)c1)c1nc(-c2ccccc2)cs1. The van der Waals surface area contributed by atoms with Crippen molar-refractivity contribution >= 4 is 45.6 Å². The molecule has 2 aromatic carbocycles. The molecule has 152 valence electrons. The van der Waals surface area contributed by atoms with Crippen molar-refractivity contribution in [3.8, 4) is 11.3 Å². The van der Waals surface area contributed by atoms with E-state index in [1.165, 1.54) is 11.3 Å². The average molecular weight is 438 g/mol. The molecule has 2 amide bonds. The van der Waals surface area contributed by atoms with Crippen molar-refractivity contribution in [3.05, 3.63) is 77.2 Å². The van der Waals surface area contributed by atoms with Gasteiger partial charge in [0, 0.05) is 36.0 Å². The van der Waals surface area contributed by atoms with Crippen LogP contribution in [0.15, 0.2) is 66.6 Å². The van der Waals surface area contributed by atoms with E-state index in [2.05, 4.69) is 11.6 Å². The van der Waals surface area contributed by atoms with Gasteiger partial charge in [0.05, 0.1) is 16.4 Å². The molecule has 2 heterocycles. The standard InChI is InChI=1S/C23H20ClN3O2S/c1-2-12-27(23-25-19(15-30-23)16-7-4-3-5-8-16)22(29)17-10-11-18(24)20(14-17)26-13-6-9-21(26)28/h2-5,7-8,10-11,14-15H,1,6,9,12-13H2. The third-order valence-corrected chi connectivity index (χ3v) is 6.09. The Bertz CT molecular complexity index is 1100. The number of thiazole rings is 1. The molecule has 1 aromatic heterocycles. The molecule has 0 saturated carbocycles. The monoisotopic (exact) mass is 437 g/mol. The molecule has 1 aliphatic rings. The van der Waals surface area contributed by atoms with Crippen LogP contribution in [-0.2, 0) is 4.79 Å². The normalized spacial score (nSPS) is 13.5. The second kappa shape index (κ2) is 8.81. The van der Waals surface area contributed by atoms with Crippen LogP contribution in [0.5, 0.6) is 0 Å². The smallest absolute Gasteiger partial charge is 0.260 e. The first-order valence-corrected chi connectivity index (χ1v) is 10.9. The summed E-state index contributed by atoms with van der Waals surface area (Å²) in [5.41, 5.74) is 2.84. The average Bonchev–Trinajstić information content (AvgIpc) is 3.42. The summed E-state index contributed by atoms with van der Waals surface area (Å²) in [5.74, 6) is -0.190. The van der Waals surface area contributed by atoms with E-state index < -0.39 is 0 Å². The van der Waals surface area contributed by atoms with Crippen molar-refractivity contribution < 1.29 is 9.59 Å². The number of aromatic nitrogens is 1. The lowest BCUT2D eigenvalue weighted by Gasteiger charge is -2.21. The lowest BCUT2D eigenvalue weighted by molar-refractivity contribution is -0.117. The maximum Gasteiger partial charge on any atom is 0.260 e. The first kappa shape index (κ1) is 20.3. The van der Waals surface area contributed by atoms with Gasteiger partial charge in [0.2, 0.25) is 5.91 Å². The maximum absolute atomic E-state index is 13.3. The number of halogens is 1. The van der Waals surface area contributed by atoms with Crippen LogP contribution in [-0.4, -0.2) is 29.9 Å². The minimum atomic E-state index is -0.214. The lowest BCUT2D eigenvalue weighted by Crippen LogP contribution is -2.31. The zero-order chi connectivity index (χ0) is 21.1. The third-order valence-electron chi connectivity index (χ3n) is 4.91. The van der Waals surface area contributed by atoms with E-state index in [0.29, 0.717) is 40.9 Å². The number of anilines is 2. The molecule has 0 radical (unpaired) electrons. The summed E-state index contributed by atoms with van der Waals surface area (Å²) in [4.78, 5) is 33.4. The van der Waals surface area contributed by atoms with Gasteiger partial charge in [-0.3, -0.25) is 14.5 Å². The molecule has 0 unspecified atom stereocenters. The summed E-state index contributed by atoms with van der Waals surface area (Å²) >= 11 is 7.73. The first-order chi connectivity index (χ1) is 14.6. The predicted molar refractivity (Wildman–Crippen MR) is 122 cm³/mol. The van der Waals surface area contributed by atoms with Crippen LogP contribution in [0.3, 0.4) is 0 Å². The van der Waals surface area contributed by atoms with Gasteiger partial charge in [-0.1, -0.05) is 48.0 Å². The summed E-state index contributed by atoms with van der Waals surface area (Å²) < 4.78 is 0. The molecule has 0 N–H and O–H groups in total. The highest BCUT2D eigenvalue weighted by molar-refractivity contribution is 7.14. The topological polar surface area (TPSA) is 53.5 Å². The highest BCUT2D eigenvalue weighted by Gasteiger charge is 2.26. The Balaban J connectivity index is 1.65. The molecular formula is C23H20ClN3O2S. The van der Waals surface area contributed by atoms with Gasteiger partial charge in [0.15, 0.2) is 5.13 Å². The minimum absolute atomic E-state index is 0.0249. The van der Waals surface area contributed by atoms with Crippen molar-refractivity contribution in [2.45, 2.75) is 12.8 Å². The minimum Gasteiger partial charge on any atom is -0.311 e. The summed E-state index contributed by atoms with van der Waals surface area (Å²) in [5, 5.41) is 2.98. The Morgan fingerprint density at radius 3 is 2.77 bits per heavy atom. The number of amides is 2. The van der Waals surface area contributed by atoms with E-state index in [1.807, 2.05) is 35.7 Å². The van der Waals surface area contributed by atoms with Gasteiger partial charge in [-0.15, -0.1) is 17.9 Å². The second-order valence-corrected chi connectivity index (χ2v) is 8.14. The molecule has 0 bridgehead atoms. The Kier molecular flexibility index (Phi) is 5.97. The molecule has 7 heteroatoms. The summed E-state index contributed by atoms with van der Waals surface area (Å²) in [6.07, 6.45) is 2.96. The van der Waals surface area contributed by atoms with E-state index in [0.717, 1.165) is 17.7 Å². The zero-order valence-electron chi connectivity index (χ0n) is 16.3. The van der Waals surface area contributed by atoms with E-state index >= 15 is 0 Å². The second-order valence-electron chi connectivity index (χ2n) is 6.90. The van der Waals surface area contributed by atoms with Gasteiger partial charge in [-0.2, -0.15) is 0 Å². The Morgan fingerprint density at radius 1 is 1.27 bits per heavy atom. The van der Waals surface area contributed by atoms with Crippen molar-refractivity contribution in [3.63, 3.8) is 0 Å². The van der Waals surface area contributed by atoms with Crippen molar-refractivity contribution in [1.29, 1.82) is 0 Å². The maximum atomic E-state index is 13.3. The molecule has 0 atom stereocenters. The molecule has 0 spiro atoms. The number of nitrogens with zero attached hydrogens (tertiary/aromatic N) is 3. The van der Waals surface area contributed by atoms with Gasteiger partial charge in [-0.05, 0) is 24.6 Å². The summed E-state index contributed by atoms with van der Waals surface area (Å²) in [6, 6.07) is 14.9. The van der Waals surface area contributed by atoms with Gasteiger partial charge in [-0.25, -0.2) is 4.98 Å². The van der Waals surface area contributed by atoms with Crippen LogP contribution >= 0.6 is 22.9 Å². The van der Waals surface area contributed by atoms with Crippen LogP contribution < -0.4 is 9.80 Å². The molecule has 3 aromatic rings. The van der Waals surface area contributed by atoms with Crippen LogP contribution in [0.25, 0.3) is 11.3 Å². The highest BCUT2D eigenvalue weighted by Crippen LogP contribution is 2.32. The number of benzene rings is 2. The Hall–Kier alpha value is -2.96. The van der Waals surface area contributed by atoms with E-state index in [-0.39, 0.29) is 11.8 Å². The molecule has 4 rings (SSSR count). The predicted octanol–water partition coefficient (Wildman–Crippen LogP) is 5.42. The van der Waals surface area contributed by atoms with Crippen LogP contribution in [0.2, 0.25) is 5.02 Å². The number of hydrogen-bond acceptors (Lipinski definition) is 4. The number of hydrogen-bond donors (Lipinski definition) is 0. The molecule has 30 heavy (non-hydrogen) atoms. The fourth-order valence-corrected chi connectivity index (χ4v) is 4.48. The van der Waals surface area contributed by atoms with Gasteiger partial charge < -0.3 is 4.90 Å². The molecule has 1 saturated heterocycles. The quantitative estimate of drug-likeness (QED) is 0.483. The molecule has 5 nitrogen and oxygen atoms in total. The van der Waals surface area contributed by atoms with Crippen LogP contribution in [0, 0.1) is 0 Å². The zero-order valence-corrected chi connectivity index (χ0v) is 17.8. The number of carbonyl (C=O) groups is 2. The number of rotatable bonds is 6. The van der Waals surface area contributed by atoms with Crippen molar-refractivity contribution in [2.75, 3.05) is 22.9 Å². The fraction of sp³-hybridized carbons (Fsp3) is 0.174. The number of carbonyl (C=O) groups excluding carboxylic acids is 2. The molecule has 0 aliphatic carbocycles. The van der Waals surface area contributed by atoms with Crippen molar-refractivity contribution in [1.82, 2.24) is 4.98 Å². The largest absolute Gasteiger partial charge is 0.311 e. The highest BCUT2D eigenvalue weighted by atomic mass is 35.5. The fourth-order valence-electron chi connectivity index (χ4n) is 3.42. The molecular weight excluding hydrogens is 418 g/mol. The van der Waals surface area contributed by atoms with E-state index in [4.69, 9.17) is 11.6 Å². The Labute approximate surface area is 184 Å². The van der Waals surface area contributed by atoms with Gasteiger partial charge in [0.1, 0.15) is 0 Å².